The lowest BCUT2D eigenvalue weighted by Gasteiger charge is -2.26. The molecule has 0 spiro atoms. The third kappa shape index (κ3) is 3.96. The van der Waals surface area contributed by atoms with Crippen molar-refractivity contribution in [3.05, 3.63) is 0 Å². The summed E-state index contributed by atoms with van der Waals surface area (Å²) in [5, 5.41) is 5.64. The van der Waals surface area contributed by atoms with Gasteiger partial charge in [-0.05, 0) is 19.3 Å². The van der Waals surface area contributed by atoms with E-state index in [1.54, 1.807) is 0 Å². The monoisotopic (exact) mass is 255 g/mol. The SMILES string of the molecule is O=C(CN1CCOCC1)N[C@@H]1CCCCNC1=O. The van der Waals surface area contributed by atoms with Gasteiger partial charge in [0, 0.05) is 19.6 Å². The Kier molecular flexibility index (Phi) is 4.95. The van der Waals surface area contributed by atoms with Crippen LogP contribution in [0.4, 0.5) is 0 Å². The van der Waals surface area contributed by atoms with E-state index in [9.17, 15) is 9.59 Å². The molecule has 0 aliphatic carbocycles. The number of nitrogens with one attached hydrogen (secondary N) is 2. The van der Waals surface area contributed by atoms with Crippen LogP contribution in [0, 0.1) is 0 Å². The predicted octanol–water partition coefficient (Wildman–Crippen LogP) is -0.896. The molecule has 102 valence electrons. The molecule has 0 unspecified atom stereocenters. The first kappa shape index (κ1) is 13.3. The molecular formula is C12H21N3O3. The molecule has 18 heavy (non-hydrogen) atoms. The largest absolute Gasteiger partial charge is 0.379 e. The van der Waals surface area contributed by atoms with Gasteiger partial charge in [0.1, 0.15) is 6.04 Å². The third-order valence-corrected chi connectivity index (χ3v) is 3.34. The summed E-state index contributed by atoms with van der Waals surface area (Å²) in [7, 11) is 0. The number of ether oxygens (including phenoxy) is 1. The van der Waals surface area contributed by atoms with E-state index in [1.165, 1.54) is 0 Å². The fourth-order valence-corrected chi connectivity index (χ4v) is 2.28. The fraction of sp³-hybridized carbons (Fsp3) is 0.833. The maximum atomic E-state index is 11.9. The molecule has 0 bridgehead atoms. The summed E-state index contributed by atoms with van der Waals surface area (Å²) in [5.41, 5.74) is 0. The quantitative estimate of drug-likeness (QED) is 0.686. The first-order valence-corrected chi connectivity index (χ1v) is 6.63. The van der Waals surface area contributed by atoms with Crippen molar-refractivity contribution >= 4 is 11.8 Å². The highest BCUT2D eigenvalue weighted by atomic mass is 16.5. The maximum Gasteiger partial charge on any atom is 0.242 e. The van der Waals surface area contributed by atoms with Crippen LogP contribution in [-0.2, 0) is 14.3 Å². The van der Waals surface area contributed by atoms with Gasteiger partial charge in [0.15, 0.2) is 0 Å². The highest BCUT2D eigenvalue weighted by Crippen LogP contribution is 2.05. The van der Waals surface area contributed by atoms with Crippen molar-refractivity contribution in [3.63, 3.8) is 0 Å². The predicted molar refractivity (Wildman–Crippen MR) is 66.1 cm³/mol. The van der Waals surface area contributed by atoms with Gasteiger partial charge < -0.3 is 15.4 Å². The number of amides is 2. The second-order valence-electron chi connectivity index (χ2n) is 4.80. The van der Waals surface area contributed by atoms with Gasteiger partial charge in [-0.1, -0.05) is 0 Å². The number of hydrogen-bond donors (Lipinski definition) is 2. The second-order valence-corrected chi connectivity index (χ2v) is 4.80. The molecule has 2 saturated heterocycles. The Morgan fingerprint density at radius 3 is 2.94 bits per heavy atom. The van der Waals surface area contributed by atoms with Gasteiger partial charge in [-0.15, -0.1) is 0 Å². The van der Waals surface area contributed by atoms with E-state index in [1.807, 2.05) is 4.90 Å². The number of hydrogen-bond acceptors (Lipinski definition) is 4. The molecule has 0 radical (unpaired) electrons. The number of rotatable bonds is 3. The average molecular weight is 255 g/mol. The minimum Gasteiger partial charge on any atom is -0.379 e. The third-order valence-electron chi connectivity index (χ3n) is 3.34. The lowest BCUT2D eigenvalue weighted by atomic mass is 10.1. The minimum absolute atomic E-state index is 0.0529. The number of carbonyl (C=O) groups excluding carboxylic acids is 2. The van der Waals surface area contributed by atoms with Gasteiger partial charge in [-0.25, -0.2) is 0 Å². The van der Waals surface area contributed by atoms with Crippen molar-refractivity contribution in [3.8, 4) is 0 Å². The lowest BCUT2D eigenvalue weighted by Crippen LogP contribution is -2.50. The van der Waals surface area contributed by atoms with E-state index in [2.05, 4.69) is 10.6 Å². The van der Waals surface area contributed by atoms with Gasteiger partial charge in [0.2, 0.25) is 11.8 Å². The summed E-state index contributed by atoms with van der Waals surface area (Å²) in [6.07, 6.45) is 2.70. The first-order valence-electron chi connectivity index (χ1n) is 6.63. The van der Waals surface area contributed by atoms with Crippen LogP contribution in [0.3, 0.4) is 0 Å². The van der Waals surface area contributed by atoms with Crippen LogP contribution in [0.5, 0.6) is 0 Å². The molecule has 2 aliphatic rings. The summed E-state index contributed by atoms with van der Waals surface area (Å²) >= 11 is 0. The van der Waals surface area contributed by atoms with Crippen molar-refractivity contribution in [2.75, 3.05) is 39.4 Å². The van der Waals surface area contributed by atoms with Gasteiger partial charge in [0.05, 0.1) is 19.8 Å². The van der Waals surface area contributed by atoms with Crippen LogP contribution in [0.25, 0.3) is 0 Å². The van der Waals surface area contributed by atoms with E-state index < -0.39 is 0 Å². The summed E-state index contributed by atoms with van der Waals surface area (Å²) in [6, 6.07) is -0.360. The van der Waals surface area contributed by atoms with E-state index in [0.29, 0.717) is 26.3 Å². The summed E-state index contributed by atoms with van der Waals surface area (Å²) in [4.78, 5) is 25.6. The molecule has 2 N–H and O–H groups in total. The number of nitrogens with zero attached hydrogens (tertiary/aromatic N) is 1. The molecule has 1 atom stereocenters. The van der Waals surface area contributed by atoms with Crippen molar-refractivity contribution in [1.29, 1.82) is 0 Å². The molecule has 2 aliphatic heterocycles. The molecule has 6 heteroatoms. The maximum absolute atomic E-state index is 11.9. The topological polar surface area (TPSA) is 70.7 Å². The molecule has 6 nitrogen and oxygen atoms in total. The van der Waals surface area contributed by atoms with E-state index in [0.717, 1.165) is 32.4 Å². The zero-order chi connectivity index (χ0) is 12.8. The Bertz CT molecular complexity index is 303. The van der Waals surface area contributed by atoms with Crippen molar-refractivity contribution in [2.24, 2.45) is 0 Å². The van der Waals surface area contributed by atoms with Gasteiger partial charge in [0.25, 0.3) is 0 Å². The standard InChI is InChI=1S/C12H21N3O3/c16-11(9-15-5-7-18-8-6-15)14-10-3-1-2-4-13-12(10)17/h10H,1-9H2,(H,13,17)(H,14,16)/t10-/m1/s1. The Labute approximate surface area is 107 Å². The van der Waals surface area contributed by atoms with E-state index >= 15 is 0 Å². The van der Waals surface area contributed by atoms with Crippen LogP contribution >= 0.6 is 0 Å². The highest BCUT2D eigenvalue weighted by Gasteiger charge is 2.23. The first-order chi connectivity index (χ1) is 8.75. The Balaban J connectivity index is 1.76. The summed E-state index contributed by atoms with van der Waals surface area (Å²) in [6.45, 7) is 3.99. The smallest absolute Gasteiger partial charge is 0.242 e. The highest BCUT2D eigenvalue weighted by molar-refractivity contribution is 5.88. The van der Waals surface area contributed by atoms with Crippen LogP contribution in [0.15, 0.2) is 0 Å². The molecule has 0 aromatic rings. The molecule has 2 fully saturated rings. The fourth-order valence-electron chi connectivity index (χ4n) is 2.28. The zero-order valence-electron chi connectivity index (χ0n) is 10.6. The normalized spacial score (nSPS) is 26.2. The van der Waals surface area contributed by atoms with Crippen LogP contribution in [-0.4, -0.2) is 62.1 Å². The van der Waals surface area contributed by atoms with Gasteiger partial charge >= 0.3 is 0 Å². The van der Waals surface area contributed by atoms with Crippen molar-refractivity contribution < 1.29 is 14.3 Å². The second kappa shape index (κ2) is 6.70. The minimum atomic E-state index is -0.360. The number of morpholine rings is 1. The van der Waals surface area contributed by atoms with Crippen molar-refractivity contribution in [2.45, 2.75) is 25.3 Å². The van der Waals surface area contributed by atoms with E-state index in [4.69, 9.17) is 4.74 Å². The van der Waals surface area contributed by atoms with Crippen LogP contribution in [0.2, 0.25) is 0 Å². The van der Waals surface area contributed by atoms with Crippen molar-refractivity contribution in [1.82, 2.24) is 15.5 Å². The van der Waals surface area contributed by atoms with Gasteiger partial charge in [-0.2, -0.15) is 0 Å². The molecule has 2 heterocycles. The molecular weight excluding hydrogens is 234 g/mol. The summed E-state index contributed by atoms with van der Waals surface area (Å²) in [5.74, 6) is -0.123. The Hall–Kier alpha value is -1.14. The Morgan fingerprint density at radius 1 is 1.39 bits per heavy atom. The van der Waals surface area contributed by atoms with Gasteiger partial charge in [-0.3, -0.25) is 14.5 Å². The molecule has 0 aromatic carbocycles. The lowest BCUT2D eigenvalue weighted by molar-refractivity contribution is -0.129. The average Bonchev–Trinajstić information content (AvgIpc) is 2.56. The van der Waals surface area contributed by atoms with E-state index in [-0.39, 0.29) is 17.9 Å². The number of carbonyl (C=O) groups is 2. The Morgan fingerprint density at radius 2 is 2.17 bits per heavy atom. The molecule has 0 aromatic heterocycles. The molecule has 2 amide bonds. The van der Waals surface area contributed by atoms with Crippen LogP contribution in [0.1, 0.15) is 19.3 Å². The zero-order valence-corrected chi connectivity index (χ0v) is 10.6. The molecule has 2 rings (SSSR count). The van der Waals surface area contributed by atoms with Crippen LogP contribution < -0.4 is 10.6 Å². The molecule has 0 saturated carbocycles. The summed E-state index contributed by atoms with van der Waals surface area (Å²) < 4.78 is 5.23.